The summed E-state index contributed by atoms with van der Waals surface area (Å²) >= 11 is 6.46. The minimum absolute atomic E-state index is 0.160. The highest BCUT2D eigenvalue weighted by atomic mass is 79.9. The number of hydrogen-bond donors (Lipinski definition) is 2. The highest BCUT2D eigenvalue weighted by Crippen LogP contribution is 2.25. The predicted octanol–water partition coefficient (Wildman–Crippen LogP) is 2.26. The highest BCUT2D eigenvalue weighted by Gasteiger charge is 2.21. The van der Waals surface area contributed by atoms with Crippen LogP contribution in [-0.2, 0) is 10.0 Å². The van der Waals surface area contributed by atoms with E-state index in [0.29, 0.717) is 10.9 Å². The van der Waals surface area contributed by atoms with Crippen molar-refractivity contribution in [3.8, 4) is 0 Å². The van der Waals surface area contributed by atoms with Crippen molar-refractivity contribution in [2.45, 2.75) is 24.3 Å². The largest absolute Gasteiger partial charge is 0.395 e. The van der Waals surface area contributed by atoms with Gasteiger partial charge in [-0.3, -0.25) is 0 Å². The lowest BCUT2D eigenvalue weighted by Crippen LogP contribution is -2.37. The molecular weight excluding hydrogens is 374 g/mol. The number of hydrogen-bond acceptors (Lipinski definition) is 3. The molecule has 0 aliphatic rings. The van der Waals surface area contributed by atoms with Gasteiger partial charge in [0.15, 0.2) is 0 Å². The summed E-state index contributed by atoms with van der Waals surface area (Å²) in [6.45, 7) is 1.59. The second-order valence-electron chi connectivity index (χ2n) is 3.48. The van der Waals surface area contributed by atoms with Crippen molar-refractivity contribution in [2.24, 2.45) is 0 Å². The molecule has 0 radical (unpaired) electrons. The molecule has 1 aromatic carbocycles. The van der Waals surface area contributed by atoms with Gasteiger partial charge in [0.25, 0.3) is 0 Å². The van der Waals surface area contributed by atoms with Crippen molar-refractivity contribution < 1.29 is 13.5 Å². The van der Waals surface area contributed by atoms with E-state index in [0.717, 1.165) is 4.47 Å². The summed E-state index contributed by atoms with van der Waals surface area (Å²) in [5.41, 5.74) is 0. The third-order valence-electron chi connectivity index (χ3n) is 2.22. The standard InChI is InChI=1S/C10H13Br2NO3S/c1-2-8(6-14)13-17(15,16)10-4-3-7(11)5-9(10)12/h3-5,8,13-14H,2,6H2,1H3/t8-/m0/s1. The fraction of sp³-hybridized carbons (Fsp3) is 0.400. The first-order chi connectivity index (χ1) is 7.90. The van der Waals surface area contributed by atoms with Gasteiger partial charge in [0.05, 0.1) is 11.5 Å². The Labute approximate surface area is 118 Å². The maximum absolute atomic E-state index is 12.0. The summed E-state index contributed by atoms with van der Waals surface area (Å²) < 4.78 is 27.8. The minimum Gasteiger partial charge on any atom is -0.395 e. The van der Waals surface area contributed by atoms with E-state index in [1.54, 1.807) is 19.1 Å². The van der Waals surface area contributed by atoms with E-state index < -0.39 is 16.1 Å². The molecule has 0 saturated heterocycles. The number of aliphatic hydroxyl groups excluding tert-OH is 1. The van der Waals surface area contributed by atoms with E-state index in [-0.39, 0.29) is 11.5 Å². The van der Waals surface area contributed by atoms with E-state index in [2.05, 4.69) is 36.6 Å². The Morgan fingerprint density at radius 3 is 2.53 bits per heavy atom. The molecule has 17 heavy (non-hydrogen) atoms. The summed E-state index contributed by atoms with van der Waals surface area (Å²) in [6.07, 6.45) is 0.532. The molecule has 0 amide bonds. The van der Waals surface area contributed by atoms with Gasteiger partial charge in [0, 0.05) is 15.0 Å². The molecule has 0 fully saturated rings. The second-order valence-corrected chi connectivity index (χ2v) is 6.94. The fourth-order valence-electron chi connectivity index (χ4n) is 1.23. The van der Waals surface area contributed by atoms with Crippen LogP contribution in [0, 0.1) is 0 Å². The zero-order chi connectivity index (χ0) is 13.1. The Bertz CT molecular complexity index is 486. The smallest absolute Gasteiger partial charge is 0.242 e. The Morgan fingerprint density at radius 1 is 1.41 bits per heavy atom. The van der Waals surface area contributed by atoms with Crippen molar-refractivity contribution >= 4 is 41.9 Å². The molecule has 0 aromatic heterocycles. The topological polar surface area (TPSA) is 66.4 Å². The minimum atomic E-state index is -3.61. The molecule has 0 spiro atoms. The van der Waals surface area contributed by atoms with E-state index in [9.17, 15) is 8.42 Å². The summed E-state index contributed by atoms with van der Waals surface area (Å²) in [4.78, 5) is 0.160. The molecule has 0 aliphatic carbocycles. The monoisotopic (exact) mass is 385 g/mol. The van der Waals surface area contributed by atoms with Gasteiger partial charge in [0.1, 0.15) is 0 Å². The van der Waals surface area contributed by atoms with Gasteiger partial charge in [-0.05, 0) is 40.5 Å². The summed E-state index contributed by atoms with van der Waals surface area (Å²) in [7, 11) is -3.61. The van der Waals surface area contributed by atoms with Crippen molar-refractivity contribution in [1.29, 1.82) is 0 Å². The van der Waals surface area contributed by atoms with E-state index >= 15 is 0 Å². The third kappa shape index (κ3) is 4.03. The zero-order valence-corrected chi connectivity index (χ0v) is 13.1. The normalized spacial score (nSPS) is 13.6. The number of benzene rings is 1. The fourth-order valence-corrected chi connectivity index (χ4v) is 4.28. The van der Waals surface area contributed by atoms with Gasteiger partial charge in [-0.15, -0.1) is 0 Å². The number of halogens is 2. The number of nitrogens with one attached hydrogen (secondary N) is 1. The molecular formula is C10H13Br2NO3S. The lowest BCUT2D eigenvalue weighted by molar-refractivity contribution is 0.254. The summed E-state index contributed by atoms with van der Waals surface area (Å²) in [5.74, 6) is 0. The Morgan fingerprint density at radius 2 is 2.06 bits per heavy atom. The number of aliphatic hydroxyl groups is 1. The van der Waals surface area contributed by atoms with Crippen molar-refractivity contribution in [2.75, 3.05) is 6.61 Å². The van der Waals surface area contributed by atoms with Crippen LogP contribution in [0.2, 0.25) is 0 Å². The van der Waals surface area contributed by atoms with Crippen molar-refractivity contribution in [3.05, 3.63) is 27.1 Å². The summed E-state index contributed by atoms with van der Waals surface area (Å²) in [5, 5.41) is 9.00. The van der Waals surface area contributed by atoms with Gasteiger partial charge < -0.3 is 5.11 Å². The zero-order valence-electron chi connectivity index (χ0n) is 9.15. The van der Waals surface area contributed by atoms with Crippen LogP contribution < -0.4 is 4.72 Å². The maximum Gasteiger partial charge on any atom is 0.242 e. The molecule has 0 bridgehead atoms. The Kier molecular flexibility index (Phi) is 5.59. The van der Waals surface area contributed by atoms with Gasteiger partial charge in [-0.25, -0.2) is 13.1 Å². The molecule has 1 atom stereocenters. The van der Waals surface area contributed by atoms with Gasteiger partial charge >= 0.3 is 0 Å². The number of sulfonamides is 1. The van der Waals surface area contributed by atoms with Crippen LogP contribution >= 0.6 is 31.9 Å². The van der Waals surface area contributed by atoms with Crippen molar-refractivity contribution in [1.82, 2.24) is 4.72 Å². The van der Waals surface area contributed by atoms with Crippen LogP contribution in [0.4, 0.5) is 0 Å². The van der Waals surface area contributed by atoms with Crippen molar-refractivity contribution in [3.63, 3.8) is 0 Å². The van der Waals surface area contributed by atoms with E-state index in [1.165, 1.54) is 6.07 Å². The first-order valence-electron chi connectivity index (χ1n) is 4.99. The Balaban J connectivity index is 3.05. The van der Waals surface area contributed by atoms with Crippen LogP contribution in [0.25, 0.3) is 0 Å². The Hall–Kier alpha value is 0.0500. The molecule has 1 aromatic rings. The van der Waals surface area contributed by atoms with Crippen LogP contribution in [0.5, 0.6) is 0 Å². The molecule has 96 valence electrons. The van der Waals surface area contributed by atoms with Gasteiger partial charge in [-0.2, -0.15) is 0 Å². The van der Waals surface area contributed by atoms with Crippen LogP contribution in [0.3, 0.4) is 0 Å². The van der Waals surface area contributed by atoms with Crippen LogP contribution in [0.1, 0.15) is 13.3 Å². The molecule has 2 N–H and O–H groups in total. The molecule has 1 rings (SSSR count). The number of rotatable bonds is 5. The van der Waals surface area contributed by atoms with Crippen LogP contribution in [-0.4, -0.2) is 26.2 Å². The van der Waals surface area contributed by atoms with Crippen LogP contribution in [0.15, 0.2) is 32.0 Å². The maximum atomic E-state index is 12.0. The lowest BCUT2D eigenvalue weighted by Gasteiger charge is -2.15. The molecule has 0 saturated carbocycles. The van der Waals surface area contributed by atoms with Gasteiger partial charge in [-0.1, -0.05) is 22.9 Å². The average Bonchev–Trinajstić information content (AvgIpc) is 2.25. The predicted molar refractivity (Wildman–Crippen MR) is 73.3 cm³/mol. The third-order valence-corrected chi connectivity index (χ3v) is 5.21. The first kappa shape index (κ1) is 15.1. The van der Waals surface area contributed by atoms with E-state index in [1.807, 2.05) is 0 Å². The first-order valence-corrected chi connectivity index (χ1v) is 8.06. The quantitative estimate of drug-likeness (QED) is 0.815. The summed E-state index contributed by atoms with van der Waals surface area (Å²) in [6, 6.07) is 4.35. The molecule has 0 aliphatic heterocycles. The lowest BCUT2D eigenvalue weighted by atomic mass is 10.3. The average molecular weight is 387 g/mol. The van der Waals surface area contributed by atoms with Gasteiger partial charge in [0.2, 0.25) is 10.0 Å². The molecule has 4 nitrogen and oxygen atoms in total. The molecule has 0 heterocycles. The highest BCUT2D eigenvalue weighted by molar-refractivity contribution is 9.11. The molecule has 0 unspecified atom stereocenters. The second kappa shape index (κ2) is 6.29. The SMILES string of the molecule is CC[C@@H](CO)NS(=O)(=O)c1ccc(Br)cc1Br. The van der Waals surface area contributed by atoms with E-state index in [4.69, 9.17) is 5.11 Å². The molecule has 7 heteroatoms.